The zero-order chi connectivity index (χ0) is 14.5. The molecule has 0 saturated heterocycles. The quantitative estimate of drug-likeness (QED) is 0.806. The van der Waals surface area contributed by atoms with E-state index in [2.05, 4.69) is 19.4 Å². The smallest absolute Gasteiger partial charge is 0.344 e. The third kappa shape index (κ3) is 2.97. The summed E-state index contributed by atoms with van der Waals surface area (Å²) in [5.41, 5.74) is 6.86. The number of ether oxygens (including phenoxy) is 2. The monoisotopic (exact) mass is 294 g/mol. The van der Waals surface area contributed by atoms with E-state index in [1.165, 1.54) is 7.11 Å². The molecule has 0 bridgehead atoms. The van der Waals surface area contributed by atoms with Gasteiger partial charge in [0.25, 0.3) is 0 Å². The molecule has 2 rings (SSSR count). The van der Waals surface area contributed by atoms with Gasteiger partial charge in [-0.15, -0.1) is 0 Å². The molecule has 0 fully saturated rings. The lowest BCUT2D eigenvalue weighted by molar-refractivity contribution is 0.0603. The first kappa shape index (κ1) is 14.1. The van der Waals surface area contributed by atoms with E-state index in [4.69, 9.17) is 10.5 Å². The number of carbonyl (C=O) groups excluding carboxylic acids is 1. The Bertz CT molecular complexity index is 597. The van der Waals surface area contributed by atoms with Crippen LogP contribution in [0.5, 0.6) is 5.88 Å². The second kappa shape index (κ2) is 6.20. The van der Waals surface area contributed by atoms with Gasteiger partial charge < -0.3 is 20.5 Å². The molecule has 0 radical (unpaired) electrons. The van der Waals surface area contributed by atoms with E-state index in [0.717, 1.165) is 17.1 Å². The maximum atomic E-state index is 11.6. The molecule has 0 atom stereocenters. The van der Waals surface area contributed by atoms with Gasteiger partial charge >= 0.3 is 5.97 Å². The van der Waals surface area contributed by atoms with Crippen molar-refractivity contribution in [3.63, 3.8) is 0 Å². The average Bonchev–Trinajstić information content (AvgIpc) is 2.86. The number of rotatable bonds is 5. The van der Waals surface area contributed by atoms with Crippen LogP contribution >= 0.6 is 11.5 Å². The molecule has 0 aliphatic heterocycles. The minimum atomic E-state index is -0.508. The molecular formula is C12H14N4O3S. The number of nitrogens with zero attached hydrogens (tertiary/aromatic N) is 2. The Kier molecular flexibility index (Phi) is 4.36. The molecule has 7 nitrogen and oxygen atoms in total. The van der Waals surface area contributed by atoms with Crippen LogP contribution < -0.4 is 15.8 Å². The normalized spacial score (nSPS) is 10.1. The summed E-state index contributed by atoms with van der Waals surface area (Å²) in [7, 11) is 2.86. The number of aromatic nitrogens is 2. The minimum absolute atomic E-state index is 0.164. The van der Waals surface area contributed by atoms with E-state index in [1.54, 1.807) is 19.4 Å². The number of hydrogen-bond donors (Lipinski definition) is 2. The molecule has 0 aromatic carbocycles. The fourth-order valence-electron chi connectivity index (χ4n) is 1.54. The Morgan fingerprint density at radius 3 is 2.85 bits per heavy atom. The van der Waals surface area contributed by atoms with Crippen LogP contribution in [-0.4, -0.2) is 29.5 Å². The maximum absolute atomic E-state index is 11.6. The molecule has 0 saturated carbocycles. The summed E-state index contributed by atoms with van der Waals surface area (Å²) < 4.78 is 13.6. The van der Waals surface area contributed by atoms with Gasteiger partial charge in [-0.3, -0.25) is 0 Å². The van der Waals surface area contributed by atoms with Crippen molar-refractivity contribution in [2.24, 2.45) is 0 Å². The van der Waals surface area contributed by atoms with Crippen LogP contribution in [0.3, 0.4) is 0 Å². The lowest BCUT2D eigenvalue weighted by Gasteiger charge is -2.06. The van der Waals surface area contributed by atoms with Gasteiger partial charge in [0.15, 0.2) is 5.82 Å². The summed E-state index contributed by atoms with van der Waals surface area (Å²) in [5.74, 6) is 0.204. The number of nitrogens with two attached hydrogens (primary N) is 1. The van der Waals surface area contributed by atoms with E-state index in [-0.39, 0.29) is 11.4 Å². The van der Waals surface area contributed by atoms with Crippen molar-refractivity contribution in [2.45, 2.75) is 6.54 Å². The van der Waals surface area contributed by atoms with Crippen molar-refractivity contribution in [1.29, 1.82) is 0 Å². The molecular weight excluding hydrogens is 280 g/mol. The first-order valence-electron chi connectivity index (χ1n) is 5.72. The van der Waals surface area contributed by atoms with Crippen molar-refractivity contribution in [1.82, 2.24) is 9.36 Å². The molecule has 3 N–H and O–H groups in total. The highest BCUT2D eigenvalue weighted by Gasteiger charge is 2.19. The standard InChI is InChI=1S/C12H14N4O3S/c1-18-8-4-3-7(5-14-8)6-15-11-9(12(17)19-2)10(13)16-20-11/h3-5,15H,6H2,1-2H3,(H2,13,16). The predicted octanol–water partition coefficient (Wildman–Crippen LogP) is 1.53. The van der Waals surface area contributed by atoms with Gasteiger partial charge in [0, 0.05) is 18.8 Å². The highest BCUT2D eigenvalue weighted by atomic mass is 32.1. The van der Waals surface area contributed by atoms with Crippen LogP contribution in [0.4, 0.5) is 10.8 Å². The van der Waals surface area contributed by atoms with Gasteiger partial charge in [-0.25, -0.2) is 9.78 Å². The Hall–Kier alpha value is -2.35. The number of nitrogens with one attached hydrogen (secondary N) is 1. The van der Waals surface area contributed by atoms with Crippen LogP contribution in [0.2, 0.25) is 0 Å². The molecule has 2 aromatic rings. The Balaban J connectivity index is 2.08. The van der Waals surface area contributed by atoms with Crippen LogP contribution in [0.1, 0.15) is 15.9 Å². The third-order valence-electron chi connectivity index (χ3n) is 2.57. The Morgan fingerprint density at radius 1 is 1.45 bits per heavy atom. The average molecular weight is 294 g/mol. The third-order valence-corrected chi connectivity index (χ3v) is 3.39. The summed E-state index contributed by atoms with van der Waals surface area (Å²) >= 11 is 1.11. The first-order valence-corrected chi connectivity index (χ1v) is 6.49. The molecule has 2 heterocycles. The summed E-state index contributed by atoms with van der Waals surface area (Å²) in [6, 6.07) is 3.64. The van der Waals surface area contributed by atoms with Gasteiger partial charge in [-0.05, 0) is 17.1 Å². The van der Waals surface area contributed by atoms with E-state index in [9.17, 15) is 4.79 Å². The molecule has 0 spiro atoms. The molecule has 0 unspecified atom stereocenters. The number of carbonyl (C=O) groups is 1. The van der Waals surface area contributed by atoms with Gasteiger partial charge in [0.05, 0.1) is 14.2 Å². The summed E-state index contributed by atoms with van der Waals surface area (Å²) in [5, 5.41) is 3.67. The highest BCUT2D eigenvalue weighted by Crippen LogP contribution is 2.27. The maximum Gasteiger partial charge on any atom is 0.344 e. The number of methoxy groups -OCH3 is 2. The Labute approximate surface area is 119 Å². The van der Waals surface area contributed by atoms with Gasteiger partial charge in [-0.2, -0.15) is 4.37 Å². The van der Waals surface area contributed by atoms with E-state index < -0.39 is 5.97 Å². The van der Waals surface area contributed by atoms with E-state index in [0.29, 0.717) is 17.4 Å². The summed E-state index contributed by atoms with van der Waals surface area (Å²) in [6.45, 7) is 0.489. The molecule has 8 heteroatoms. The SMILES string of the molecule is COC(=O)c1c(N)nsc1NCc1ccc(OC)nc1. The van der Waals surface area contributed by atoms with E-state index >= 15 is 0 Å². The van der Waals surface area contributed by atoms with Crippen LogP contribution in [0.15, 0.2) is 18.3 Å². The zero-order valence-electron chi connectivity index (χ0n) is 11.0. The molecule has 20 heavy (non-hydrogen) atoms. The molecule has 2 aromatic heterocycles. The molecule has 0 aliphatic carbocycles. The first-order chi connectivity index (χ1) is 9.65. The molecule has 0 aliphatic rings. The second-order valence-electron chi connectivity index (χ2n) is 3.83. The van der Waals surface area contributed by atoms with Crippen LogP contribution in [0.25, 0.3) is 0 Å². The van der Waals surface area contributed by atoms with Crippen molar-refractivity contribution in [3.8, 4) is 5.88 Å². The van der Waals surface area contributed by atoms with E-state index in [1.807, 2.05) is 6.07 Å². The van der Waals surface area contributed by atoms with Crippen LogP contribution in [-0.2, 0) is 11.3 Å². The number of anilines is 2. The lowest BCUT2D eigenvalue weighted by atomic mass is 10.2. The van der Waals surface area contributed by atoms with Crippen molar-refractivity contribution < 1.29 is 14.3 Å². The topological polar surface area (TPSA) is 99.4 Å². The number of pyridine rings is 1. The van der Waals surface area contributed by atoms with Gasteiger partial charge in [-0.1, -0.05) is 6.07 Å². The second-order valence-corrected chi connectivity index (χ2v) is 4.60. The molecule has 0 amide bonds. The predicted molar refractivity (Wildman–Crippen MR) is 76.0 cm³/mol. The largest absolute Gasteiger partial charge is 0.481 e. The van der Waals surface area contributed by atoms with Gasteiger partial charge in [0.1, 0.15) is 10.6 Å². The minimum Gasteiger partial charge on any atom is -0.481 e. The van der Waals surface area contributed by atoms with Crippen molar-refractivity contribution >= 4 is 28.3 Å². The summed E-state index contributed by atoms with van der Waals surface area (Å²) in [6.07, 6.45) is 1.69. The summed E-state index contributed by atoms with van der Waals surface area (Å²) in [4.78, 5) is 15.7. The number of hydrogen-bond acceptors (Lipinski definition) is 8. The Morgan fingerprint density at radius 2 is 2.25 bits per heavy atom. The number of esters is 1. The fraction of sp³-hybridized carbons (Fsp3) is 0.250. The van der Waals surface area contributed by atoms with Crippen molar-refractivity contribution in [2.75, 3.05) is 25.3 Å². The number of nitrogen functional groups attached to an aromatic ring is 1. The van der Waals surface area contributed by atoms with Gasteiger partial charge in [0.2, 0.25) is 5.88 Å². The van der Waals surface area contributed by atoms with Crippen molar-refractivity contribution in [3.05, 3.63) is 29.5 Å². The molecule has 106 valence electrons. The zero-order valence-corrected chi connectivity index (χ0v) is 11.9. The highest BCUT2D eigenvalue weighted by molar-refractivity contribution is 7.11. The fourth-order valence-corrected chi connectivity index (χ4v) is 2.24. The lowest BCUT2D eigenvalue weighted by Crippen LogP contribution is -2.08. The van der Waals surface area contributed by atoms with Crippen LogP contribution in [0, 0.1) is 0 Å².